The van der Waals surface area contributed by atoms with Crippen molar-refractivity contribution in [1.82, 2.24) is 24.3 Å². The van der Waals surface area contributed by atoms with Gasteiger partial charge in [0.1, 0.15) is 11.4 Å². The maximum atomic E-state index is 13.1. The molecule has 4 rings (SSSR count). The molecule has 40 heavy (non-hydrogen) atoms. The van der Waals surface area contributed by atoms with E-state index in [0.717, 1.165) is 16.4 Å². The smallest absolute Gasteiger partial charge is 0.350 e. The zero-order chi connectivity index (χ0) is 29.5. The number of nitrogens with one attached hydrogen (secondary N) is 1. The predicted octanol–water partition coefficient (Wildman–Crippen LogP) is -3.52. The van der Waals surface area contributed by atoms with Crippen LogP contribution in [0, 0.1) is 0 Å². The van der Waals surface area contributed by atoms with Crippen LogP contribution in [0.4, 0.5) is 10.9 Å². The lowest BCUT2D eigenvalue weighted by Gasteiger charge is -2.50. The predicted molar refractivity (Wildman–Crippen MR) is 139 cm³/mol. The fourth-order valence-electron chi connectivity index (χ4n) is 3.90. The van der Waals surface area contributed by atoms with Crippen LogP contribution in [0.2, 0.25) is 0 Å². The highest BCUT2D eigenvalue weighted by atomic mass is 32.2. The van der Waals surface area contributed by atoms with Crippen LogP contribution in [0.5, 0.6) is 0 Å². The lowest BCUT2D eigenvalue weighted by atomic mass is 10.0. The Balaban J connectivity index is 1.57. The topological polar surface area (TPSA) is 261 Å². The summed E-state index contributed by atoms with van der Waals surface area (Å²) in [6.45, 7) is 2.73. The molecule has 0 aliphatic carbocycles. The van der Waals surface area contributed by atoms with Gasteiger partial charge in [0.2, 0.25) is 23.3 Å². The van der Waals surface area contributed by atoms with Crippen molar-refractivity contribution in [2.24, 2.45) is 17.9 Å². The molecule has 2 aromatic heterocycles. The summed E-state index contributed by atoms with van der Waals surface area (Å²) < 4.78 is 7.21. The molecule has 0 aromatic carbocycles. The van der Waals surface area contributed by atoms with Gasteiger partial charge in [-0.2, -0.15) is 9.36 Å². The first-order valence-corrected chi connectivity index (χ1v) is 13.4. The molecule has 2 aliphatic rings. The van der Waals surface area contributed by atoms with Gasteiger partial charge in [-0.05, 0) is 13.8 Å². The van der Waals surface area contributed by atoms with Gasteiger partial charge in [-0.15, -0.1) is 21.1 Å². The number of anilines is 2. The molecule has 19 heteroatoms. The number of nitrogens with two attached hydrogens (primary N) is 3. The Morgan fingerprint density at radius 1 is 1.38 bits per heavy atom. The number of amides is 2. The summed E-state index contributed by atoms with van der Waals surface area (Å²) in [5.41, 5.74) is 15.8. The molecule has 214 valence electrons. The van der Waals surface area contributed by atoms with Crippen molar-refractivity contribution in [1.29, 1.82) is 0 Å². The summed E-state index contributed by atoms with van der Waals surface area (Å²) in [7, 11) is 1.69. The number of carboxylic acid groups (broad SMARTS) is 2. The number of aromatic nitrogens is 4. The van der Waals surface area contributed by atoms with E-state index in [4.69, 9.17) is 22.0 Å². The first kappa shape index (κ1) is 28.8. The second kappa shape index (κ2) is 10.7. The summed E-state index contributed by atoms with van der Waals surface area (Å²) >= 11 is 2.00. The molecule has 0 saturated carbocycles. The van der Waals surface area contributed by atoms with Crippen LogP contribution in [-0.4, -0.2) is 76.3 Å². The number of carbonyl (C=O) groups excluding carboxylic acids is 3. The second-order valence-electron chi connectivity index (χ2n) is 9.27. The number of nitrogens with zero attached hydrogens (tertiary/aromatic N) is 6. The van der Waals surface area contributed by atoms with Crippen LogP contribution in [0.1, 0.15) is 25.2 Å². The maximum absolute atomic E-state index is 13.1. The SMILES string of the molecule is Cn1c(N)c(CN)c[n+]1CC1=C(C(=O)[O-])N2C(=O)[C@@H](NC(=O)/C(=N\OC(C)(C)C(=O)O)c3nsc(N)n3)[C@H]2SC1. The first-order chi connectivity index (χ1) is 18.8. The van der Waals surface area contributed by atoms with E-state index in [0.29, 0.717) is 17.0 Å². The van der Waals surface area contributed by atoms with E-state index in [1.54, 1.807) is 22.6 Å². The summed E-state index contributed by atoms with van der Waals surface area (Å²) in [5, 5.41) is 26.8. The summed E-state index contributed by atoms with van der Waals surface area (Å²) in [5.74, 6) is -4.15. The van der Waals surface area contributed by atoms with Crippen molar-refractivity contribution < 1.29 is 38.9 Å². The Kier molecular flexibility index (Phi) is 7.72. The number of nitrogen functional groups attached to an aromatic ring is 2. The third kappa shape index (κ3) is 5.17. The van der Waals surface area contributed by atoms with E-state index in [9.17, 15) is 29.4 Å². The van der Waals surface area contributed by atoms with Gasteiger partial charge in [-0.25, -0.2) is 4.79 Å². The first-order valence-electron chi connectivity index (χ1n) is 11.6. The van der Waals surface area contributed by atoms with E-state index >= 15 is 0 Å². The van der Waals surface area contributed by atoms with Crippen LogP contribution in [0.25, 0.3) is 0 Å². The number of hydrogen-bond donors (Lipinski definition) is 5. The lowest BCUT2D eigenvalue weighted by molar-refractivity contribution is -0.765. The molecule has 2 amide bonds. The third-order valence-electron chi connectivity index (χ3n) is 6.22. The van der Waals surface area contributed by atoms with Gasteiger partial charge in [0.25, 0.3) is 11.8 Å². The van der Waals surface area contributed by atoms with E-state index in [1.165, 1.54) is 25.6 Å². The van der Waals surface area contributed by atoms with Crippen molar-refractivity contribution in [3.05, 3.63) is 28.9 Å². The van der Waals surface area contributed by atoms with Gasteiger partial charge < -0.3 is 42.4 Å². The maximum Gasteiger partial charge on any atom is 0.350 e. The van der Waals surface area contributed by atoms with Gasteiger partial charge in [0.05, 0.1) is 24.3 Å². The van der Waals surface area contributed by atoms with Gasteiger partial charge >= 0.3 is 5.97 Å². The fraction of sp³-hybridized carbons (Fsp3) is 0.429. The number of thioether (sulfide) groups is 1. The number of oxime groups is 1. The molecule has 0 unspecified atom stereocenters. The van der Waals surface area contributed by atoms with Crippen molar-refractivity contribution in [3.8, 4) is 0 Å². The standard InChI is InChI=1S/C21H26N10O7S2/c1-21(2,19(36)37)38-27-10(14-26-20(24)40-28-14)15(32)25-11-16(33)31-12(18(34)35)9(7-39-17(11)31)6-30-5-8(4-22)13(23)29(30)3/h5,11,17,23H,4,6-7,22H2,1-3H3,(H5,24,25,26,28,32,34,35,36,37)/b27-10-/t11-,17-/m1/s1. The third-order valence-corrected chi connectivity index (χ3v) is 8.10. The summed E-state index contributed by atoms with van der Waals surface area (Å²) in [6.07, 6.45) is 1.70. The molecule has 0 bridgehead atoms. The normalized spacial score (nSPS) is 19.2. The molecule has 2 aliphatic heterocycles. The van der Waals surface area contributed by atoms with E-state index < -0.39 is 46.5 Å². The molecule has 1 fully saturated rings. The highest BCUT2D eigenvalue weighted by Gasteiger charge is 2.53. The van der Waals surface area contributed by atoms with Crippen molar-refractivity contribution in [3.63, 3.8) is 0 Å². The highest BCUT2D eigenvalue weighted by molar-refractivity contribution is 8.00. The van der Waals surface area contributed by atoms with Gasteiger partial charge in [0, 0.05) is 29.4 Å². The lowest BCUT2D eigenvalue weighted by Crippen LogP contribution is -2.71. The molecule has 0 spiro atoms. The van der Waals surface area contributed by atoms with Crippen molar-refractivity contribution in [2.45, 2.75) is 44.0 Å². The zero-order valence-electron chi connectivity index (χ0n) is 21.5. The Morgan fingerprint density at radius 3 is 2.62 bits per heavy atom. The minimum Gasteiger partial charge on any atom is -0.543 e. The highest BCUT2D eigenvalue weighted by Crippen LogP contribution is 2.40. The Labute approximate surface area is 234 Å². The molecular formula is C21H26N10O7S2. The second-order valence-corrected chi connectivity index (χ2v) is 11.2. The van der Waals surface area contributed by atoms with Gasteiger partial charge in [-0.1, -0.05) is 5.16 Å². The van der Waals surface area contributed by atoms with Crippen LogP contribution < -0.4 is 32.3 Å². The number of carbonyl (C=O) groups is 4. The summed E-state index contributed by atoms with van der Waals surface area (Å²) in [4.78, 5) is 59.8. The number of rotatable bonds is 10. The Bertz CT molecular complexity index is 1460. The number of hydrogen-bond acceptors (Lipinski definition) is 14. The largest absolute Gasteiger partial charge is 0.543 e. The minimum absolute atomic E-state index is 0.00873. The monoisotopic (exact) mass is 594 g/mol. The molecule has 0 radical (unpaired) electrons. The van der Waals surface area contributed by atoms with Crippen molar-refractivity contribution >= 4 is 63.7 Å². The van der Waals surface area contributed by atoms with Crippen molar-refractivity contribution in [2.75, 3.05) is 17.2 Å². The van der Waals surface area contributed by atoms with Crippen LogP contribution in [0.15, 0.2) is 22.6 Å². The number of β-lactam (4-membered cyclic amide) rings is 1. The molecule has 2 aromatic rings. The van der Waals surface area contributed by atoms with Gasteiger partial charge in [-0.3, -0.25) is 14.5 Å². The molecular weight excluding hydrogens is 568 g/mol. The number of aliphatic carboxylic acids is 2. The Morgan fingerprint density at radius 2 is 2.08 bits per heavy atom. The Hall–Kier alpha value is -4.23. The molecule has 2 atom stereocenters. The average molecular weight is 595 g/mol. The summed E-state index contributed by atoms with van der Waals surface area (Å²) in [6, 6.07) is -1.13. The van der Waals surface area contributed by atoms with E-state index in [2.05, 4.69) is 19.8 Å². The fourth-order valence-corrected chi connectivity index (χ4v) is 5.67. The number of fused-ring (bicyclic) bond motifs is 1. The van der Waals surface area contributed by atoms with Crippen LogP contribution in [0.3, 0.4) is 0 Å². The zero-order valence-corrected chi connectivity index (χ0v) is 23.1. The van der Waals surface area contributed by atoms with E-state index in [-0.39, 0.29) is 35.5 Å². The van der Waals surface area contributed by atoms with Crippen LogP contribution >= 0.6 is 23.3 Å². The number of carboxylic acids is 2. The average Bonchev–Trinajstić information content (AvgIpc) is 3.44. The molecule has 8 N–H and O–H groups in total. The quantitative estimate of drug-likeness (QED) is 0.0774. The van der Waals surface area contributed by atoms with E-state index in [1.807, 2.05) is 0 Å². The van der Waals surface area contributed by atoms with Gasteiger partial charge in [0.15, 0.2) is 17.5 Å². The molecule has 17 nitrogen and oxygen atoms in total. The molecule has 4 heterocycles. The van der Waals surface area contributed by atoms with Crippen LogP contribution in [-0.2, 0) is 44.2 Å². The minimum atomic E-state index is -1.80. The molecule has 1 saturated heterocycles.